The van der Waals surface area contributed by atoms with E-state index >= 15 is 0 Å². The van der Waals surface area contributed by atoms with Crippen LogP contribution in [0.15, 0.2) is 10.2 Å². The predicted octanol–water partition coefficient (Wildman–Crippen LogP) is 26.3. The van der Waals surface area contributed by atoms with Crippen LogP contribution in [-0.4, -0.2) is 179 Å². The molecule has 0 aliphatic carbocycles. The number of thioether (sulfide) groups is 6. The summed E-state index contributed by atoms with van der Waals surface area (Å²) < 4.78 is 53.5. The summed E-state index contributed by atoms with van der Waals surface area (Å²) in [5, 5.41) is 44.1. The third-order valence-corrected chi connectivity index (χ3v) is 14.3. The Morgan fingerprint density at radius 3 is 0.820 bits per heavy atom. The van der Waals surface area contributed by atoms with Crippen LogP contribution in [0.3, 0.4) is 0 Å². The van der Waals surface area contributed by atoms with E-state index < -0.39 is 11.1 Å². The third-order valence-electron chi connectivity index (χ3n) is 7.09. The fourth-order valence-electron chi connectivity index (χ4n) is 2.69. The Morgan fingerprint density at radius 1 is 0.432 bits per heavy atom. The van der Waals surface area contributed by atoms with E-state index in [2.05, 4.69) is 63.5 Å². The SMILES string of the molecule is C.C.C.C.C.C.C.C.C.C.C.C.C.C.C.C.C.C.C.CC(C)(C#N)N=NC(C)(C)C#N.CC(C)C#N.CCC(=O)OC.CCC(=O)OC.CCOC(=S)SC.CCOC(=S)SC.CCOC(=S)SC(C)C(=O)OC.CCOC(=S)[S-].CCOC(SC)SC(C)C(=O)OC.CCOC([S-])SC.COC(=O)C(C)C.N#N.[Pm].[Pm]. The summed E-state index contributed by atoms with van der Waals surface area (Å²) in [6, 6.07) is 5.96. The van der Waals surface area contributed by atoms with E-state index in [0.717, 1.165) is 6.61 Å². The molecule has 0 amide bonds. The zero-order valence-corrected chi connectivity index (χ0v) is 74.1. The normalized spacial score (nSPS) is 8.51. The second kappa shape index (κ2) is 172. The summed E-state index contributed by atoms with van der Waals surface area (Å²) in [4.78, 5) is 52.2. The Kier molecular flexibility index (Phi) is 343. The minimum atomic E-state index is -0.839. The van der Waals surface area contributed by atoms with Crippen molar-refractivity contribution in [2.45, 2.75) is 310 Å². The Bertz CT molecular complexity index is 1920. The van der Waals surface area contributed by atoms with Crippen LogP contribution in [-0.2, 0) is 101 Å². The number of hydrogen-bond donors (Lipinski definition) is 0. The van der Waals surface area contributed by atoms with Crippen molar-refractivity contribution >= 4 is 192 Å². The second-order valence-corrected chi connectivity index (χ2v) is 26.0. The molecule has 0 heterocycles. The van der Waals surface area contributed by atoms with E-state index in [4.69, 9.17) is 99.5 Å². The Balaban J connectivity index is -0.0000000193. The molecule has 37 heteroatoms. The first-order valence-corrected chi connectivity index (χ1v) is 36.1. The van der Waals surface area contributed by atoms with Crippen molar-refractivity contribution in [3.05, 3.63) is 0 Å². The van der Waals surface area contributed by atoms with E-state index in [9.17, 15) is 24.0 Å². The number of rotatable bonds is 20. The minimum Gasteiger partial charge on any atom is -0.750 e. The summed E-state index contributed by atoms with van der Waals surface area (Å²) >= 11 is 36.5. The van der Waals surface area contributed by atoms with Gasteiger partial charge in [0.25, 0.3) is 0 Å². The maximum atomic E-state index is 11.1. The molecule has 690 valence electrons. The first kappa shape index (κ1) is 221. The first-order valence-electron chi connectivity index (χ1n) is 26.8. The van der Waals surface area contributed by atoms with Gasteiger partial charge in [0, 0.05) is 128 Å². The van der Waals surface area contributed by atoms with Crippen molar-refractivity contribution < 1.29 is 157 Å². The molecule has 4 unspecified atom stereocenters. The maximum Gasteiger partial charge on any atom is 0.319 e. The number of methoxy groups -OCH3 is 5. The van der Waals surface area contributed by atoms with Crippen LogP contribution < -0.4 is 0 Å². The number of nitrogens with zero attached hydrogens (tertiary/aromatic N) is 7. The molecule has 0 saturated heterocycles. The molecular formula is C74H179N7O16Pm2S12-2. The molecule has 0 saturated carbocycles. The van der Waals surface area contributed by atoms with Crippen molar-refractivity contribution in [3.63, 3.8) is 0 Å². The fraction of sp³-hybridized carbons (Fsp3) is 0.838. The molecule has 0 aliphatic heterocycles. The van der Waals surface area contributed by atoms with Gasteiger partial charge in [0.2, 0.25) is 13.1 Å². The number of azo groups is 1. The van der Waals surface area contributed by atoms with Gasteiger partial charge in [0.15, 0.2) is 11.1 Å². The number of thiocarbonyl (C=S) groups is 4. The summed E-state index contributed by atoms with van der Waals surface area (Å²) in [7, 11) is 6.90. The standard InChI is InChI=1S/C8H12N4.C8H16O3S2.C7H12O3S2.C5H10O2.C4H7N.2C4H8O2.C4H10OS2.2C4H8OS2.C3H6OS2.19CH4.N2.2Pm/c1-7(2,5-9)11-12-8(3,4)6-10;1-5-11-8(12-4)13-6(2)7(9)10-3;1-4-10-7(11)12-5(2)6(8)9-3;1-4(2)5(6)7-3;1-4(2)3-5;2*1-3-4(5)6-2;3*1-3-5-4(6)7-2;1-2-4-3(5)6;;;;;;;;;;;;;;;;;;;;1-2;;/h1-4H3;6,8H,5H2,1-4H3;5H,4H2,1-3H3;4H,1-3H3;4H,1-2H3;2*3H2,1-2H3;4,6H,3H2,1-2H3;2*3H2,1-2H3;2H2,1H3,(H,5,6);19*1H4;;;/p-2. The van der Waals surface area contributed by atoms with Gasteiger partial charge in [-0.15, -0.1) is 23.5 Å². The molecule has 0 rings (SSSR count). The van der Waals surface area contributed by atoms with E-state index in [1.807, 2.05) is 106 Å². The molecule has 0 spiro atoms. The molecule has 0 aromatic carbocycles. The number of esters is 5. The van der Waals surface area contributed by atoms with Gasteiger partial charge in [-0.1, -0.05) is 204 Å². The van der Waals surface area contributed by atoms with Crippen LogP contribution in [0.2, 0.25) is 0 Å². The van der Waals surface area contributed by atoms with Gasteiger partial charge in [0.05, 0.1) is 86.1 Å². The molecule has 0 aliphatic rings. The van der Waals surface area contributed by atoms with Gasteiger partial charge in [-0.3, -0.25) is 24.0 Å². The molecule has 2 radical (unpaired) electrons. The van der Waals surface area contributed by atoms with Gasteiger partial charge in [-0.2, -0.15) is 37.8 Å². The predicted molar refractivity (Wildman–Crippen MR) is 522 cm³/mol. The molecular weight excluding hydrogens is 1920 g/mol. The molecule has 0 aromatic rings. The Hall–Kier alpha value is -0.335. The monoisotopic (exact) mass is 2100 g/mol. The quantitative estimate of drug-likeness (QED) is 0.0208. The fourth-order valence-corrected chi connectivity index (χ4v) is 7.23. The van der Waals surface area contributed by atoms with Gasteiger partial charge < -0.3 is 89.6 Å². The minimum absolute atomic E-state index is 0. The summed E-state index contributed by atoms with van der Waals surface area (Å²) in [6.07, 6.45) is 8.63. The van der Waals surface area contributed by atoms with Crippen LogP contribution >= 0.6 is 119 Å². The van der Waals surface area contributed by atoms with Gasteiger partial charge >= 0.3 is 29.8 Å². The topological polar surface area (TPSA) is 331 Å². The molecule has 0 N–H and O–H groups in total. The zero-order chi connectivity index (χ0) is 73.9. The van der Waals surface area contributed by atoms with E-state index in [0.29, 0.717) is 59.0 Å². The number of ether oxygens (including phenoxy) is 11. The average Bonchev–Trinajstić information content (AvgIpc) is 0.913. The largest absolute Gasteiger partial charge is 0.750 e. The van der Waals surface area contributed by atoms with Crippen LogP contribution in [0, 0.1) is 137 Å². The van der Waals surface area contributed by atoms with Crippen LogP contribution in [0.25, 0.3) is 0 Å². The van der Waals surface area contributed by atoms with Gasteiger partial charge in [0.1, 0.15) is 15.3 Å². The average molecular weight is 2100 g/mol. The van der Waals surface area contributed by atoms with Crippen LogP contribution in [0.1, 0.15) is 279 Å². The molecule has 4 atom stereocenters. The first-order chi connectivity index (χ1) is 41.9. The van der Waals surface area contributed by atoms with Crippen molar-refractivity contribution in [3.8, 4) is 18.2 Å². The van der Waals surface area contributed by atoms with Crippen molar-refractivity contribution in [1.82, 2.24) is 0 Å². The maximum absolute atomic E-state index is 11.1. The Labute approximate surface area is 816 Å². The van der Waals surface area contributed by atoms with Crippen molar-refractivity contribution in [1.29, 1.82) is 26.6 Å². The van der Waals surface area contributed by atoms with Crippen LogP contribution in [0.5, 0.6) is 0 Å². The van der Waals surface area contributed by atoms with Crippen molar-refractivity contribution in [2.75, 3.05) is 100 Å². The summed E-state index contributed by atoms with van der Waals surface area (Å²) in [5.41, 5.74) is -1.68. The molecule has 0 fully saturated rings. The molecule has 0 aromatic heterocycles. The van der Waals surface area contributed by atoms with E-state index in [-0.39, 0.29) is 288 Å². The number of carbonyl (C=O) groups excluding carboxylic acids is 5. The molecule has 0 bridgehead atoms. The van der Waals surface area contributed by atoms with Gasteiger partial charge in [-0.05, 0) is 163 Å². The van der Waals surface area contributed by atoms with Gasteiger partial charge in [-0.25, -0.2) is 0 Å². The summed E-state index contributed by atoms with van der Waals surface area (Å²) in [5.74, 6) is -0.768. The van der Waals surface area contributed by atoms with Crippen LogP contribution in [0.4, 0.5) is 0 Å². The smallest absolute Gasteiger partial charge is 0.319 e. The molecule has 111 heavy (non-hydrogen) atoms. The summed E-state index contributed by atoms with van der Waals surface area (Å²) in [6.45, 7) is 36.2. The number of nitriles is 3. The number of carbonyl (C=O) groups is 5. The number of hydrogen-bond acceptors (Lipinski definition) is 35. The molecule has 23 nitrogen and oxygen atoms in total. The third kappa shape index (κ3) is 228. The second-order valence-electron chi connectivity index (χ2n) is 16.0. The zero-order valence-electron chi connectivity index (χ0n) is 58.6. The van der Waals surface area contributed by atoms with E-state index in [1.165, 1.54) is 82.6 Å². The van der Waals surface area contributed by atoms with Crippen molar-refractivity contribution in [2.24, 2.45) is 22.1 Å². The van der Waals surface area contributed by atoms with E-state index in [1.54, 1.807) is 85.8 Å². The Morgan fingerprint density at radius 2 is 0.694 bits per heavy atom.